The molecule has 0 fully saturated rings. The van der Waals surface area contributed by atoms with Crippen LogP contribution in [0.5, 0.6) is 5.75 Å². The number of amides is 1. The Morgan fingerprint density at radius 3 is 2.48 bits per heavy atom. The van der Waals surface area contributed by atoms with E-state index < -0.39 is 5.92 Å². The summed E-state index contributed by atoms with van der Waals surface area (Å²) >= 11 is 0. The molecule has 7 nitrogen and oxygen atoms in total. The molecule has 3 aromatic rings. The Labute approximate surface area is 193 Å². The van der Waals surface area contributed by atoms with Crippen LogP contribution in [0.3, 0.4) is 0 Å². The van der Waals surface area contributed by atoms with Gasteiger partial charge in [-0.15, -0.1) is 0 Å². The van der Waals surface area contributed by atoms with Gasteiger partial charge in [0.2, 0.25) is 0 Å². The van der Waals surface area contributed by atoms with E-state index in [4.69, 9.17) is 10.1 Å². The standard InChI is InChI=1S/C26H27N5O2/c1-17(2)19-5-3-18(4-6-19)16-33-21-7-8-22(31-15-21)23(25-26(32)30-14-13-29-25)24(27)20-9-11-28-12-10-20/h3-12,15,17,23,27H,13-14,16H2,1-2H3,(H,30,32). The van der Waals surface area contributed by atoms with Crippen molar-refractivity contribution in [2.75, 3.05) is 13.1 Å². The summed E-state index contributed by atoms with van der Waals surface area (Å²) < 4.78 is 5.90. The number of hydrogen-bond donors (Lipinski definition) is 2. The molecule has 0 spiro atoms. The molecule has 1 aliphatic rings. The van der Waals surface area contributed by atoms with Crippen LogP contribution in [-0.2, 0) is 11.4 Å². The highest BCUT2D eigenvalue weighted by molar-refractivity contribution is 6.46. The molecule has 0 saturated heterocycles. The fraction of sp³-hybridized carbons (Fsp3) is 0.269. The molecule has 1 unspecified atom stereocenters. The lowest BCUT2D eigenvalue weighted by atomic mass is 9.88. The van der Waals surface area contributed by atoms with Gasteiger partial charge in [0.1, 0.15) is 18.1 Å². The molecule has 7 heteroatoms. The highest BCUT2D eigenvalue weighted by Gasteiger charge is 2.31. The van der Waals surface area contributed by atoms with Crippen molar-refractivity contribution >= 4 is 17.3 Å². The fourth-order valence-electron chi connectivity index (χ4n) is 3.67. The number of aliphatic imine (C=N–C) groups is 1. The van der Waals surface area contributed by atoms with E-state index >= 15 is 0 Å². The van der Waals surface area contributed by atoms with E-state index in [1.54, 1.807) is 36.8 Å². The van der Waals surface area contributed by atoms with Crippen molar-refractivity contribution in [2.24, 2.45) is 4.99 Å². The van der Waals surface area contributed by atoms with E-state index in [9.17, 15) is 4.79 Å². The monoisotopic (exact) mass is 441 g/mol. The minimum atomic E-state index is -0.676. The van der Waals surface area contributed by atoms with Crippen molar-refractivity contribution in [3.8, 4) is 5.75 Å². The number of benzene rings is 1. The van der Waals surface area contributed by atoms with Gasteiger partial charge in [-0.2, -0.15) is 0 Å². The summed E-state index contributed by atoms with van der Waals surface area (Å²) in [6.07, 6.45) is 4.88. The Morgan fingerprint density at radius 1 is 1.09 bits per heavy atom. The summed E-state index contributed by atoms with van der Waals surface area (Å²) in [5.41, 5.74) is 4.16. The lowest BCUT2D eigenvalue weighted by molar-refractivity contribution is -0.115. The van der Waals surface area contributed by atoms with Gasteiger partial charge in [0.25, 0.3) is 5.91 Å². The molecule has 33 heavy (non-hydrogen) atoms. The number of rotatable bonds is 8. The number of pyridine rings is 2. The third-order valence-corrected chi connectivity index (χ3v) is 5.57. The molecule has 3 heterocycles. The second-order valence-electron chi connectivity index (χ2n) is 8.21. The highest BCUT2D eigenvalue weighted by atomic mass is 16.5. The molecule has 2 aromatic heterocycles. The number of nitrogens with one attached hydrogen (secondary N) is 2. The van der Waals surface area contributed by atoms with Gasteiger partial charge in [0, 0.05) is 18.9 Å². The SMILES string of the molecule is CC(C)c1ccc(COc2ccc(C(C(=N)c3ccncc3)C3=NCCNC3=O)nc2)cc1. The van der Waals surface area contributed by atoms with Crippen LogP contribution in [0, 0.1) is 5.41 Å². The molecule has 4 rings (SSSR count). The maximum Gasteiger partial charge on any atom is 0.266 e. The number of nitrogens with zero attached hydrogens (tertiary/aromatic N) is 3. The van der Waals surface area contributed by atoms with Crippen molar-refractivity contribution in [2.45, 2.75) is 32.3 Å². The van der Waals surface area contributed by atoms with Crippen LogP contribution in [0.4, 0.5) is 0 Å². The lowest BCUT2D eigenvalue weighted by Crippen LogP contribution is -2.42. The maximum atomic E-state index is 12.5. The Bertz CT molecular complexity index is 1140. The lowest BCUT2D eigenvalue weighted by Gasteiger charge is -2.22. The minimum absolute atomic E-state index is 0.250. The largest absolute Gasteiger partial charge is 0.487 e. The molecule has 2 N–H and O–H groups in total. The van der Waals surface area contributed by atoms with Crippen molar-refractivity contribution in [1.82, 2.24) is 15.3 Å². The number of carbonyl (C=O) groups excluding carboxylic acids is 1. The Morgan fingerprint density at radius 2 is 1.85 bits per heavy atom. The average Bonchev–Trinajstić information content (AvgIpc) is 2.85. The molecule has 0 saturated carbocycles. The second kappa shape index (κ2) is 10.2. The number of hydrogen-bond acceptors (Lipinski definition) is 6. The molecule has 1 amide bonds. The first-order valence-electron chi connectivity index (χ1n) is 11.0. The van der Waals surface area contributed by atoms with Crippen molar-refractivity contribution in [3.63, 3.8) is 0 Å². The van der Waals surface area contributed by atoms with Crippen LogP contribution in [-0.4, -0.2) is 40.4 Å². The van der Waals surface area contributed by atoms with Crippen LogP contribution in [0.15, 0.2) is 72.1 Å². The molecule has 0 radical (unpaired) electrons. The predicted molar refractivity (Wildman–Crippen MR) is 128 cm³/mol. The zero-order valence-corrected chi connectivity index (χ0v) is 18.8. The smallest absolute Gasteiger partial charge is 0.266 e. The predicted octanol–water partition coefficient (Wildman–Crippen LogP) is 3.90. The first kappa shape index (κ1) is 22.3. The third kappa shape index (κ3) is 5.31. The Hall–Kier alpha value is -3.87. The normalized spacial score (nSPS) is 14.4. The van der Waals surface area contributed by atoms with E-state index in [1.165, 1.54) is 5.56 Å². The number of aromatic nitrogens is 2. The molecular weight excluding hydrogens is 414 g/mol. The van der Waals surface area contributed by atoms with E-state index in [0.717, 1.165) is 5.56 Å². The van der Waals surface area contributed by atoms with Crippen LogP contribution in [0.1, 0.15) is 48.1 Å². The number of ether oxygens (including phenoxy) is 1. The van der Waals surface area contributed by atoms with Gasteiger partial charge in [-0.3, -0.25) is 19.8 Å². The number of carbonyl (C=O) groups is 1. The van der Waals surface area contributed by atoms with Gasteiger partial charge in [-0.25, -0.2) is 0 Å². The molecular formula is C26H27N5O2. The van der Waals surface area contributed by atoms with Gasteiger partial charge in [0.05, 0.1) is 30.1 Å². The topological polar surface area (TPSA) is 100 Å². The van der Waals surface area contributed by atoms with E-state index in [-0.39, 0.29) is 11.6 Å². The molecule has 168 valence electrons. The van der Waals surface area contributed by atoms with E-state index in [0.29, 0.717) is 48.3 Å². The molecule has 1 aromatic carbocycles. The fourth-order valence-corrected chi connectivity index (χ4v) is 3.67. The summed E-state index contributed by atoms with van der Waals surface area (Å²) in [6, 6.07) is 15.5. The average molecular weight is 442 g/mol. The van der Waals surface area contributed by atoms with Gasteiger partial charge in [-0.05, 0) is 46.9 Å². The molecule has 0 aliphatic carbocycles. The zero-order valence-electron chi connectivity index (χ0n) is 18.8. The Balaban J connectivity index is 1.53. The van der Waals surface area contributed by atoms with Crippen LogP contribution >= 0.6 is 0 Å². The van der Waals surface area contributed by atoms with Gasteiger partial charge >= 0.3 is 0 Å². The first-order valence-corrected chi connectivity index (χ1v) is 11.0. The van der Waals surface area contributed by atoms with Crippen molar-refractivity contribution < 1.29 is 9.53 Å². The maximum absolute atomic E-state index is 12.5. The summed E-state index contributed by atoms with van der Waals surface area (Å²) in [6.45, 7) is 5.75. The molecule has 1 aliphatic heterocycles. The zero-order chi connectivity index (χ0) is 23.2. The summed E-state index contributed by atoms with van der Waals surface area (Å²) in [5, 5.41) is 11.6. The van der Waals surface area contributed by atoms with Gasteiger partial charge < -0.3 is 15.5 Å². The van der Waals surface area contributed by atoms with E-state index in [2.05, 4.69) is 58.4 Å². The first-order chi connectivity index (χ1) is 16.0. The quantitative estimate of drug-likeness (QED) is 0.518. The Kier molecular flexibility index (Phi) is 6.88. The van der Waals surface area contributed by atoms with Crippen molar-refractivity contribution in [3.05, 3.63) is 89.5 Å². The second-order valence-corrected chi connectivity index (χ2v) is 8.21. The summed E-state index contributed by atoms with van der Waals surface area (Å²) in [5.74, 6) is 0.171. The van der Waals surface area contributed by atoms with Crippen LogP contribution < -0.4 is 10.1 Å². The summed E-state index contributed by atoms with van der Waals surface area (Å²) in [7, 11) is 0. The minimum Gasteiger partial charge on any atom is -0.487 e. The summed E-state index contributed by atoms with van der Waals surface area (Å²) in [4.78, 5) is 25.5. The molecule has 1 atom stereocenters. The van der Waals surface area contributed by atoms with Gasteiger partial charge in [-0.1, -0.05) is 38.1 Å². The highest BCUT2D eigenvalue weighted by Crippen LogP contribution is 2.24. The van der Waals surface area contributed by atoms with Crippen LogP contribution in [0.2, 0.25) is 0 Å². The van der Waals surface area contributed by atoms with Gasteiger partial charge in [0.15, 0.2) is 0 Å². The van der Waals surface area contributed by atoms with Crippen LogP contribution in [0.25, 0.3) is 0 Å². The molecule has 0 bridgehead atoms. The third-order valence-electron chi connectivity index (χ3n) is 5.57. The van der Waals surface area contributed by atoms with Crippen molar-refractivity contribution in [1.29, 1.82) is 5.41 Å². The van der Waals surface area contributed by atoms with E-state index in [1.807, 2.05) is 6.07 Å².